The minimum atomic E-state index is -1.18. The van der Waals surface area contributed by atoms with E-state index in [0.29, 0.717) is 12.2 Å². The molecule has 12 nitrogen and oxygen atoms in total. The number of nitrogens with one attached hydrogen (secondary N) is 2. The van der Waals surface area contributed by atoms with Crippen molar-refractivity contribution >= 4 is 29.2 Å². The van der Waals surface area contributed by atoms with Crippen LogP contribution in [0.25, 0.3) is 0 Å². The summed E-state index contributed by atoms with van der Waals surface area (Å²) in [6, 6.07) is 1.29. The van der Waals surface area contributed by atoms with Crippen LogP contribution in [0, 0.1) is 6.92 Å². The third kappa shape index (κ3) is 4.15. The van der Waals surface area contributed by atoms with Gasteiger partial charge in [-0.25, -0.2) is 4.79 Å². The second-order valence-corrected chi connectivity index (χ2v) is 6.20. The fraction of sp³-hybridized carbons (Fsp3) is 0.294. The average Bonchev–Trinajstić information content (AvgIpc) is 3.37. The van der Waals surface area contributed by atoms with Gasteiger partial charge in [0.15, 0.2) is 5.69 Å². The number of carboxylic acids is 1. The highest BCUT2D eigenvalue weighted by Gasteiger charge is 2.21. The lowest BCUT2D eigenvalue weighted by molar-refractivity contribution is -0.116. The number of aromatic carboxylic acids is 1. The van der Waals surface area contributed by atoms with Crippen molar-refractivity contribution in [3.63, 3.8) is 0 Å². The number of aromatic nitrogens is 6. The molecule has 0 atom stereocenters. The Bertz CT molecular complexity index is 1080. The van der Waals surface area contributed by atoms with Crippen LogP contribution >= 0.6 is 0 Å². The normalized spacial score (nSPS) is 10.7. The molecular weight excluding hydrogens is 380 g/mol. The monoisotopic (exact) mass is 400 g/mol. The van der Waals surface area contributed by atoms with Crippen LogP contribution in [-0.4, -0.2) is 52.2 Å². The van der Waals surface area contributed by atoms with Gasteiger partial charge in [0, 0.05) is 19.8 Å². The zero-order valence-corrected chi connectivity index (χ0v) is 16.1. The Morgan fingerprint density at radius 3 is 2.45 bits per heavy atom. The topological polar surface area (TPSA) is 149 Å². The molecule has 3 heterocycles. The Morgan fingerprint density at radius 2 is 1.86 bits per heavy atom. The minimum absolute atomic E-state index is 0.163. The number of hydrogen-bond donors (Lipinski definition) is 3. The number of hydrogen-bond acceptors (Lipinski definition) is 6. The van der Waals surface area contributed by atoms with Gasteiger partial charge in [0.1, 0.15) is 12.2 Å². The second kappa shape index (κ2) is 7.96. The standard InChI is InChI=1S/C17H20N8O4/c1-4-25-15(16(27)21-12-7-18-23(3)10(12)2)13(8-19-25)20-14(26)9-24-6-5-11(22-24)17(28)29/h5-8H,4,9H2,1-3H3,(H,20,26)(H,21,27)(H,28,29). The van der Waals surface area contributed by atoms with Crippen molar-refractivity contribution in [3.05, 3.63) is 41.7 Å². The van der Waals surface area contributed by atoms with Gasteiger partial charge in [0.05, 0.1) is 29.5 Å². The molecule has 0 aliphatic rings. The molecule has 3 N–H and O–H groups in total. The van der Waals surface area contributed by atoms with Crippen LogP contribution < -0.4 is 10.6 Å². The molecule has 0 aliphatic heterocycles. The first-order valence-corrected chi connectivity index (χ1v) is 8.72. The van der Waals surface area contributed by atoms with Gasteiger partial charge in [-0.15, -0.1) is 0 Å². The van der Waals surface area contributed by atoms with Gasteiger partial charge in [0.2, 0.25) is 5.91 Å². The summed E-state index contributed by atoms with van der Waals surface area (Å²) in [4.78, 5) is 36.0. The fourth-order valence-electron chi connectivity index (χ4n) is 2.66. The average molecular weight is 400 g/mol. The molecule has 2 amide bonds. The summed E-state index contributed by atoms with van der Waals surface area (Å²) < 4.78 is 4.29. The van der Waals surface area contributed by atoms with Gasteiger partial charge in [0.25, 0.3) is 5.91 Å². The van der Waals surface area contributed by atoms with Gasteiger partial charge in [-0.1, -0.05) is 0 Å². The van der Waals surface area contributed by atoms with Crippen molar-refractivity contribution in [2.45, 2.75) is 26.9 Å². The Kier molecular flexibility index (Phi) is 5.43. The molecule has 0 aromatic carbocycles. The highest BCUT2D eigenvalue weighted by atomic mass is 16.4. The summed E-state index contributed by atoms with van der Waals surface area (Å²) in [6.45, 7) is 3.85. The lowest BCUT2D eigenvalue weighted by atomic mass is 10.3. The van der Waals surface area contributed by atoms with E-state index in [1.165, 1.54) is 34.0 Å². The van der Waals surface area contributed by atoms with E-state index in [4.69, 9.17) is 5.11 Å². The fourth-order valence-corrected chi connectivity index (χ4v) is 2.66. The molecule has 0 aliphatic carbocycles. The molecule has 0 saturated carbocycles. The van der Waals surface area contributed by atoms with Crippen LogP contribution in [-0.2, 0) is 24.9 Å². The molecule has 0 unspecified atom stereocenters. The van der Waals surface area contributed by atoms with Gasteiger partial charge in [-0.2, -0.15) is 15.3 Å². The molecule has 3 aromatic rings. The van der Waals surface area contributed by atoms with Gasteiger partial charge >= 0.3 is 5.97 Å². The summed E-state index contributed by atoms with van der Waals surface area (Å²) in [5.41, 5.74) is 1.59. The van der Waals surface area contributed by atoms with Crippen molar-refractivity contribution in [2.75, 3.05) is 10.6 Å². The van der Waals surface area contributed by atoms with E-state index < -0.39 is 17.8 Å². The molecule has 3 rings (SSSR count). The molecule has 0 saturated heterocycles. The van der Waals surface area contributed by atoms with Crippen molar-refractivity contribution in [1.82, 2.24) is 29.3 Å². The zero-order chi connectivity index (χ0) is 21.1. The maximum atomic E-state index is 12.8. The molecule has 152 valence electrons. The predicted octanol–water partition coefficient (Wildman–Crippen LogP) is 0.731. The predicted molar refractivity (Wildman–Crippen MR) is 102 cm³/mol. The van der Waals surface area contributed by atoms with Crippen LogP contribution in [0.5, 0.6) is 0 Å². The molecule has 0 fully saturated rings. The van der Waals surface area contributed by atoms with E-state index in [-0.39, 0.29) is 23.6 Å². The largest absolute Gasteiger partial charge is 0.476 e. The number of carbonyl (C=O) groups is 3. The van der Waals surface area contributed by atoms with E-state index in [9.17, 15) is 14.4 Å². The third-order valence-corrected chi connectivity index (χ3v) is 4.28. The van der Waals surface area contributed by atoms with E-state index in [2.05, 4.69) is 25.9 Å². The van der Waals surface area contributed by atoms with Crippen molar-refractivity contribution in [1.29, 1.82) is 0 Å². The number of carbonyl (C=O) groups excluding carboxylic acids is 2. The van der Waals surface area contributed by atoms with Crippen molar-refractivity contribution < 1.29 is 19.5 Å². The molecule has 3 aromatic heterocycles. The van der Waals surface area contributed by atoms with E-state index in [1.54, 1.807) is 11.7 Å². The summed E-state index contributed by atoms with van der Waals surface area (Å²) in [7, 11) is 1.76. The van der Waals surface area contributed by atoms with Crippen LogP contribution in [0.2, 0.25) is 0 Å². The smallest absolute Gasteiger partial charge is 0.356 e. The molecule has 0 bridgehead atoms. The summed E-state index contributed by atoms with van der Waals surface area (Å²) in [5.74, 6) is -2.10. The highest BCUT2D eigenvalue weighted by molar-refractivity contribution is 6.09. The van der Waals surface area contributed by atoms with Gasteiger partial charge in [-0.05, 0) is 19.9 Å². The first-order valence-electron chi connectivity index (χ1n) is 8.72. The summed E-state index contributed by atoms with van der Waals surface area (Å²) in [5, 5.41) is 26.3. The Labute approximate surface area is 165 Å². The lowest BCUT2D eigenvalue weighted by Crippen LogP contribution is -2.23. The molecule has 0 spiro atoms. The Morgan fingerprint density at radius 1 is 1.14 bits per heavy atom. The number of amides is 2. The van der Waals surface area contributed by atoms with Crippen LogP contribution in [0.15, 0.2) is 24.7 Å². The third-order valence-electron chi connectivity index (χ3n) is 4.28. The van der Waals surface area contributed by atoms with E-state index in [1.807, 2.05) is 13.8 Å². The van der Waals surface area contributed by atoms with Gasteiger partial charge in [-0.3, -0.25) is 23.6 Å². The molecular formula is C17H20N8O4. The maximum absolute atomic E-state index is 12.8. The SMILES string of the molecule is CCn1ncc(NC(=O)Cn2ccc(C(=O)O)n2)c1C(=O)Nc1cnn(C)c1C. The zero-order valence-electron chi connectivity index (χ0n) is 16.1. The Hall–Kier alpha value is -3.96. The molecule has 12 heteroatoms. The number of rotatable bonds is 7. The molecule has 0 radical (unpaired) electrons. The summed E-state index contributed by atoms with van der Waals surface area (Å²) in [6.07, 6.45) is 4.31. The number of carboxylic acid groups (broad SMARTS) is 1. The minimum Gasteiger partial charge on any atom is -0.476 e. The number of anilines is 2. The number of nitrogens with zero attached hydrogens (tertiary/aromatic N) is 6. The summed E-state index contributed by atoms with van der Waals surface area (Å²) >= 11 is 0. The Balaban J connectivity index is 1.76. The van der Waals surface area contributed by atoms with Crippen LogP contribution in [0.3, 0.4) is 0 Å². The quantitative estimate of drug-likeness (QED) is 0.529. The maximum Gasteiger partial charge on any atom is 0.356 e. The van der Waals surface area contributed by atoms with Crippen molar-refractivity contribution in [2.24, 2.45) is 7.05 Å². The second-order valence-electron chi connectivity index (χ2n) is 6.20. The van der Waals surface area contributed by atoms with Crippen LogP contribution in [0.1, 0.15) is 33.6 Å². The van der Waals surface area contributed by atoms with Gasteiger partial charge < -0.3 is 15.7 Å². The first-order chi connectivity index (χ1) is 13.8. The number of aryl methyl sites for hydroxylation is 2. The van der Waals surface area contributed by atoms with E-state index in [0.717, 1.165) is 5.69 Å². The first kappa shape index (κ1) is 19.8. The van der Waals surface area contributed by atoms with Crippen molar-refractivity contribution in [3.8, 4) is 0 Å². The van der Waals surface area contributed by atoms with E-state index >= 15 is 0 Å². The lowest BCUT2D eigenvalue weighted by Gasteiger charge is -2.10. The molecule has 29 heavy (non-hydrogen) atoms. The highest BCUT2D eigenvalue weighted by Crippen LogP contribution is 2.19. The van der Waals surface area contributed by atoms with Crippen LogP contribution in [0.4, 0.5) is 11.4 Å².